The van der Waals surface area contributed by atoms with Gasteiger partial charge in [-0.2, -0.15) is 0 Å². The van der Waals surface area contributed by atoms with Crippen LogP contribution in [0.2, 0.25) is 0 Å². The highest BCUT2D eigenvalue weighted by Gasteiger charge is 2.40. The Bertz CT molecular complexity index is 453. The van der Waals surface area contributed by atoms with Gasteiger partial charge in [-0.1, -0.05) is 0 Å². The number of pyridine rings is 1. The van der Waals surface area contributed by atoms with Crippen LogP contribution in [0.3, 0.4) is 0 Å². The maximum Gasteiger partial charge on any atom is 0.327 e. The van der Waals surface area contributed by atoms with Crippen LogP contribution in [0.4, 0.5) is 10.5 Å². The summed E-state index contributed by atoms with van der Waals surface area (Å²) in [4.78, 5) is 19.2. The maximum absolute atomic E-state index is 12.2. The molecule has 0 saturated heterocycles. The van der Waals surface area contributed by atoms with E-state index < -0.39 is 11.8 Å². The first-order valence-electron chi connectivity index (χ1n) is 5.53. The molecule has 0 aliphatic carbocycles. The number of aromatic nitrogens is 1. The van der Waals surface area contributed by atoms with Crippen LogP contribution >= 0.6 is 0 Å². The van der Waals surface area contributed by atoms with Crippen molar-refractivity contribution in [2.45, 2.75) is 32.5 Å². The lowest BCUT2D eigenvalue weighted by Crippen LogP contribution is -2.55. The molecule has 1 aliphatic heterocycles. The molecule has 5 nitrogen and oxygen atoms in total. The summed E-state index contributed by atoms with van der Waals surface area (Å²) in [5, 5.41) is 10.3. The molecule has 17 heavy (non-hydrogen) atoms. The number of aliphatic hydroxyl groups excluding tert-OH is 1. The first kappa shape index (κ1) is 11.9. The van der Waals surface area contributed by atoms with Gasteiger partial charge in [-0.15, -0.1) is 0 Å². The molecule has 0 saturated carbocycles. The van der Waals surface area contributed by atoms with Gasteiger partial charge in [0.15, 0.2) is 6.23 Å². The van der Waals surface area contributed by atoms with Crippen LogP contribution in [-0.2, 0) is 0 Å². The standard InChI is InChI=1S/C12H17N3O2/c1-12(2,3)15-10(16)8-5-6-13-7-9(8)14(4)11(15)17/h5-7,10,16H,1-4H3. The van der Waals surface area contributed by atoms with E-state index in [0.29, 0.717) is 11.3 Å². The molecular weight excluding hydrogens is 218 g/mol. The first-order valence-corrected chi connectivity index (χ1v) is 5.53. The third kappa shape index (κ3) is 1.76. The summed E-state index contributed by atoms with van der Waals surface area (Å²) < 4.78 is 0. The minimum atomic E-state index is -0.920. The van der Waals surface area contributed by atoms with Crippen molar-refractivity contribution in [1.29, 1.82) is 0 Å². The molecule has 0 aromatic carbocycles. The maximum atomic E-state index is 12.2. The molecule has 1 aromatic rings. The Morgan fingerprint density at radius 3 is 2.65 bits per heavy atom. The largest absolute Gasteiger partial charge is 0.369 e. The van der Waals surface area contributed by atoms with Crippen LogP contribution < -0.4 is 4.90 Å². The zero-order valence-electron chi connectivity index (χ0n) is 10.5. The average Bonchev–Trinajstić information content (AvgIpc) is 2.24. The summed E-state index contributed by atoms with van der Waals surface area (Å²) in [6.45, 7) is 5.69. The number of carbonyl (C=O) groups is 1. The zero-order valence-corrected chi connectivity index (χ0v) is 10.5. The fraction of sp³-hybridized carbons (Fsp3) is 0.500. The van der Waals surface area contributed by atoms with Crippen LogP contribution in [0, 0.1) is 0 Å². The number of fused-ring (bicyclic) bond motifs is 1. The number of hydrogen-bond acceptors (Lipinski definition) is 3. The highest BCUT2D eigenvalue weighted by Crippen LogP contribution is 2.37. The number of amides is 2. The second-order valence-electron chi connectivity index (χ2n) is 5.19. The number of anilines is 1. The van der Waals surface area contributed by atoms with Crippen LogP contribution in [-0.4, -0.2) is 33.6 Å². The average molecular weight is 235 g/mol. The molecule has 1 atom stereocenters. The zero-order chi connectivity index (χ0) is 12.8. The number of nitrogens with zero attached hydrogens (tertiary/aromatic N) is 3. The highest BCUT2D eigenvalue weighted by molar-refractivity contribution is 5.95. The van der Waals surface area contributed by atoms with E-state index >= 15 is 0 Å². The lowest BCUT2D eigenvalue weighted by molar-refractivity contribution is -0.0204. The molecule has 92 valence electrons. The smallest absolute Gasteiger partial charge is 0.327 e. The lowest BCUT2D eigenvalue weighted by Gasteiger charge is -2.45. The van der Waals surface area contributed by atoms with Crippen LogP contribution in [0.25, 0.3) is 0 Å². The molecule has 0 fully saturated rings. The molecule has 2 heterocycles. The molecule has 5 heteroatoms. The van der Waals surface area contributed by atoms with Gasteiger partial charge in [0, 0.05) is 24.3 Å². The summed E-state index contributed by atoms with van der Waals surface area (Å²) in [6, 6.07) is 1.52. The number of aliphatic hydroxyl groups is 1. The van der Waals surface area contributed by atoms with Crippen LogP contribution in [0.15, 0.2) is 18.5 Å². The van der Waals surface area contributed by atoms with Gasteiger partial charge in [0.05, 0.1) is 11.9 Å². The monoisotopic (exact) mass is 235 g/mol. The molecule has 1 unspecified atom stereocenters. The van der Waals surface area contributed by atoms with Crippen LogP contribution in [0.1, 0.15) is 32.6 Å². The van der Waals surface area contributed by atoms with Gasteiger partial charge in [0.1, 0.15) is 0 Å². The van der Waals surface area contributed by atoms with Crippen molar-refractivity contribution in [3.63, 3.8) is 0 Å². The Morgan fingerprint density at radius 1 is 1.41 bits per heavy atom. The van der Waals surface area contributed by atoms with Gasteiger partial charge in [-0.25, -0.2) is 4.79 Å². The lowest BCUT2D eigenvalue weighted by atomic mass is 10.0. The minimum Gasteiger partial charge on any atom is -0.369 e. The van der Waals surface area contributed by atoms with Gasteiger partial charge in [-0.05, 0) is 26.8 Å². The van der Waals surface area contributed by atoms with E-state index in [-0.39, 0.29) is 6.03 Å². The van der Waals surface area contributed by atoms with Crippen molar-refractivity contribution in [2.24, 2.45) is 0 Å². The number of rotatable bonds is 0. The topological polar surface area (TPSA) is 56.7 Å². The third-order valence-electron chi connectivity index (χ3n) is 2.93. The number of urea groups is 1. The molecule has 1 N–H and O–H groups in total. The molecule has 2 amide bonds. The Balaban J connectivity index is 2.55. The Labute approximate surface area is 101 Å². The second-order valence-corrected chi connectivity index (χ2v) is 5.19. The summed E-state index contributed by atoms with van der Waals surface area (Å²) in [5.74, 6) is 0. The first-order chi connectivity index (χ1) is 7.84. The normalized spacial score (nSPS) is 20.5. The third-order valence-corrected chi connectivity index (χ3v) is 2.93. The summed E-state index contributed by atoms with van der Waals surface area (Å²) >= 11 is 0. The summed E-state index contributed by atoms with van der Waals surface area (Å²) in [5.41, 5.74) is 0.925. The fourth-order valence-electron chi connectivity index (χ4n) is 2.06. The van der Waals surface area contributed by atoms with Crippen molar-refractivity contribution in [1.82, 2.24) is 9.88 Å². The van der Waals surface area contributed by atoms with E-state index in [0.717, 1.165) is 0 Å². The second kappa shape index (κ2) is 3.70. The minimum absolute atomic E-state index is 0.217. The van der Waals surface area contributed by atoms with E-state index in [1.54, 1.807) is 25.5 Å². The van der Waals surface area contributed by atoms with Crippen LogP contribution in [0.5, 0.6) is 0 Å². The Hall–Kier alpha value is -1.62. The fourth-order valence-corrected chi connectivity index (χ4v) is 2.06. The molecule has 0 radical (unpaired) electrons. The van der Waals surface area contributed by atoms with E-state index in [1.165, 1.54) is 9.80 Å². The van der Waals surface area contributed by atoms with Crippen molar-refractivity contribution in [3.8, 4) is 0 Å². The van der Waals surface area contributed by atoms with Gasteiger partial charge >= 0.3 is 6.03 Å². The quantitative estimate of drug-likeness (QED) is 0.745. The number of carbonyl (C=O) groups excluding carboxylic acids is 1. The van der Waals surface area contributed by atoms with Gasteiger partial charge in [0.2, 0.25) is 0 Å². The van der Waals surface area contributed by atoms with Gasteiger partial charge < -0.3 is 5.11 Å². The summed E-state index contributed by atoms with van der Waals surface area (Å²) in [6.07, 6.45) is 2.29. The predicted molar refractivity (Wildman–Crippen MR) is 64.6 cm³/mol. The van der Waals surface area contributed by atoms with E-state index in [1.807, 2.05) is 20.8 Å². The SMILES string of the molecule is CN1C(=O)N(C(C)(C)C)C(O)c2ccncc21. The van der Waals surface area contributed by atoms with E-state index in [9.17, 15) is 9.90 Å². The van der Waals surface area contributed by atoms with Crippen molar-refractivity contribution < 1.29 is 9.90 Å². The van der Waals surface area contributed by atoms with Crippen molar-refractivity contribution >= 4 is 11.7 Å². The molecule has 0 bridgehead atoms. The molecular formula is C12H17N3O2. The molecule has 0 spiro atoms. The molecule has 1 aliphatic rings. The predicted octanol–water partition coefficient (Wildman–Crippen LogP) is 1.74. The van der Waals surface area contributed by atoms with Gasteiger partial charge in [0.25, 0.3) is 0 Å². The number of hydrogen-bond donors (Lipinski definition) is 1. The van der Waals surface area contributed by atoms with Gasteiger partial charge in [-0.3, -0.25) is 14.8 Å². The molecule has 1 aromatic heterocycles. The highest BCUT2D eigenvalue weighted by atomic mass is 16.3. The Kier molecular flexibility index (Phi) is 2.58. The van der Waals surface area contributed by atoms with E-state index in [4.69, 9.17) is 0 Å². The Morgan fingerprint density at radius 2 is 2.06 bits per heavy atom. The van der Waals surface area contributed by atoms with Crippen molar-refractivity contribution in [3.05, 3.63) is 24.0 Å². The molecule has 2 rings (SSSR count). The van der Waals surface area contributed by atoms with Crippen molar-refractivity contribution in [2.75, 3.05) is 11.9 Å². The van der Waals surface area contributed by atoms with E-state index in [2.05, 4.69) is 4.98 Å². The summed E-state index contributed by atoms with van der Waals surface area (Å²) in [7, 11) is 1.69.